The first-order chi connectivity index (χ1) is 16.1. The number of allylic oxidation sites excluding steroid dienone is 7. The summed E-state index contributed by atoms with van der Waals surface area (Å²) in [6.07, 6.45) is 12.0. The van der Waals surface area contributed by atoms with Gasteiger partial charge in [0.05, 0.1) is 12.2 Å². The summed E-state index contributed by atoms with van der Waals surface area (Å²) in [4.78, 5) is 25.5. The molecule has 2 unspecified atom stereocenters. The van der Waals surface area contributed by atoms with E-state index in [-0.39, 0.29) is 34.7 Å². The van der Waals surface area contributed by atoms with E-state index >= 15 is 0 Å². The van der Waals surface area contributed by atoms with E-state index in [1.165, 1.54) is 0 Å². The molecule has 34 heavy (non-hydrogen) atoms. The van der Waals surface area contributed by atoms with Crippen molar-refractivity contribution in [3.05, 3.63) is 47.6 Å². The van der Waals surface area contributed by atoms with Crippen LogP contribution in [0.25, 0.3) is 0 Å². The molecule has 9 atom stereocenters. The largest absolute Gasteiger partial charge is 0.393 e. The van der Waals surface area contributed by atoms with Crippen LogP contribution in [0.3, 0.4) is 0 Å². The lowest BCUT2D eigenvalue weighted by molar-refractivity contribution is -0.194. The summed E-state index contributed by atoms with van der Waals surface area (Å²) >= 11 is 0. The van der Waals surface area contributed by atoms with Gasteiger partial charge in [0.1, 0.15) is 6.61 Å². The minimum absolute atomic E-state index is 0.0122. The molecule has 0 amide bonds. The third kappa shape index (κ3) is 3.01. The average molecular weight is 469 g/mol. The first kappa shape index (κ1) is 23.9. The van der Waals surface area contributed by atoms with E-state index in [1.807, 2.05) is 38.2 Å². The number of hydrogen-bond donors (Lipinski definition) is 2. The van der Waals surface area contributed by atoms with Crippen molar-refractivity contribution in [3.8, 4) is 0 Å². The molecule has 1 saturated heterocycles. The van der Waals surface area contributed by atoms with Crippen LogP contribution in [-0.2, 0) is 19.1 Å². The predicted molar refractivity (Wildman–Crippen MR) is 127 cm³/mol. The number of Topliss-reactive ketones (excluding diaryl/α,β-unsaturated/α-hetero) is 1. The van der Waals surface area contributed by atoms with Crippen molar-refractivity contribution in [2.45, 2.75) is 77.5 Å². The molecule has 2 N–H and O–H groups in total. The number of carbonyl (C=O) groups is 2. The molecule has 6 nitrogen and oxygen atoms in total. The van der Waals surface area contributed by atoms with E-state index in [9.17, 15) is 19.8 Å². The highest BCUT2D eigenvalue weighted by molar-refractivity contribution is 6.01. The lowest BCUT2D eigenvalue weighted by Crippen LogP contribution is -2.63. The van der Waals surface area contributed by atoms with Gasteiger partial charge in [0.15, 0.2) is 23.5 Å². The van der Waals surface area contributed by atoms with E-state index in [0.29, 0.717) is 12.8 Å². The maximum atomic E-state index is 13.4. The molecule has 5 aliphatic rings. The van der Waals surface area contributed by atoms with Gasteiger partial charge in [0.25, 0.3) is 0 Å². The Labute approximate surface area is 201 Å². The molecule has 5 rings (SSSR count). The van der Waals surface area contributed by atoms with Gasteiger partial charge in [-0.05, 0) is 69.1 Å². The molecule has 0 radical (unpaired) electrons. The zero-order chi connectivity index (χ0) is 24.5. The highest BCUT2D eigenvalue weighted by Crippen LogP contribution is 2.69. The average Bonchev–Trinajstić information content (AvgIpc) is 3.30. The van der Waals surface area contributed by atoms with Gasteiger partial charge in [0.2, 0.25) is 0 Å². The number of fused-ring (bicyclic) bond motifs is 7. The Morgan fingerprint density at radius 2 is 2.09 bits per heavy atom. The van der Waals surface area contributed by atoms with Crippen LogP contribution in [-0.4, -0.2) is 52.5 Å². The Hall–Kier alpha value is -1.86. The SMILES string of the molecule is C/C=C\C=C(/C)C1OC2C[C@H]3[C@@H]4CCC5=CC(=O)C=C[C@]5(C)[C@H]4[C@@H](O)C[C@]3(C)[C@]2(C(=O)CO)O1. The van der Waals surface area contributed by atoms with Gasteiger partial charge in [-0.25, -0.2) is 0 Å². The number of rotatable bonds is 4. The fraction of sp³-hybridized carbons (Fsp3) is 0.643. The molecular weight excluding hydrogens is 432 g/mol. The fourth-order valence-electron chi connectivity index (χ4n) is 8.21. The lowest BCUT2D eigenvalue weighted by atomic mass is 9.46. The van der Waals surface area contributed by atoms with Crippen LogP contribution < -0.4 is 0 Å². The third-order valence-corrected chi connectivity index (χ3v) is 9.72. The molecule has 6 heteroatoms. The minimum atomic E-state index is -1.29. The van der Waals surface area contributed by atoms with Gasteiger partial charge in [-0.15, -0.1) is 0 Å². The van der Waals surface area contributed by atoms with E-state index < -0.39 is 36.1 Å². The van der Waals surface area contributed by atoms with Crippen molar-refractivity contribution in [2.24, 2.45) is 28.6 Å². The van der Waals surface area contributed by atoms with Crippen LogP contribution in [0.5, 0.6) is 0 Å². The number of ether oxygens (including phenoxy) is 2. The van der Waals surface area contributed by atoms with Crippen molar-refractivity contribution in [3.63, 3.8) is 0 Å². The Morgan fingerprint density at radius 1 is 1.32 bits per heavy atom. The highest BCUT2D eigenvalue weighted by atomic mass is 16.7. The van der Waals surface area contributed by atoms with Gasteiger partial charge in [-0.2, -0.15) is 0 Å². The highest BCUT2D eigenvalue weighted by Gasteiger charge is 2.75. The molecular formula is C28H36O6. The Kier molecular flexibility index (Phi) is 5.68. The zero-order valence-electron chi connectivity index (χ0n) is 20.5. The number of ketones is 2. The van der Waals surface area contributed by atoms with E-state index in [4.69, 9.17) is 9.47 Å². The Morgan fingerprint density at radius 3 is 2.79 bits per heavy atom. The normalized spacial score (nSPS) is 47.8. The zero-order valence-corrected chi connectivity index (χ0v) is 20.5. The van der Waals surface area contributed by atoms with Gasteiger partial charge < -0.3 is 19.7 Å². The molecule has 0 aromatic heterocycles. The van der Waals surface area contributed by atoms with Crippen LogP contribution in [0, 0.1) is 28.6 Å². The summed E-state index contributed by atoms with van der Waals surface area (Å²) in [7, 11) is 0. The molecule has 0 bridgehead atoms. The second kappa shape index (κ2) is 8.09. The monoisotopic (exact) mass is 468 g/mol. The molecule has 0 spiro atoms. The van der Waals surface area contributed by atoms with Crippen LogP contribution >= 0.6 is 0 Å². The molecule has 1 aliphatic heterocycles. The van der Waals surface area contributed by atoms with Crippen LogP contribution in [0.4, 0.5) is 0 Å². The van der Waals surface area contributed by atoms with E-state index in [2.05, 4.69) is 13.8 Å². The van der Waals surface area contributed by atoms with Crippen LogP contribution in [0.15, 0.2) is 47.6 Å². The van der Waals surface area contributed by atoms with Crippen molar-refractivity contribution >= 4 is 11.6 Å². The lowest BCUT2D eigenvalue weighted by Gasteiger charge is -2.59. The van der Waals surface area contributed by atoms with Crippen LogP contribution in [0.1, 0.15) is 53.4 Å². The summed E-state index contributed by atoms with van der Waals surface area (Å²) < 4.78 is 12.9. The van der Waals surface area contributed by atoms with Crippen LogP contribution in [0.2, 0.25) is 0 Å². The molecule has 4 fully saturated rings. The molecule has 0 aromatic rings. The second-order valence-corrected chi connectivity index (χ2v) is 11.3. The smallest absolute Gasteiger partial charge is 0.193 e. The van der Waals surface area contributed by atoms with E-state index in [1.54, 1.807) is 12.2 Å². The second-order valence-electron chi connectivity index (χ2n) is 11.3. The number of aliphatic hydroxyl groups excluding tert-OH is 2. The molecule has 184 valence electrons. The van der Waals surface area contributed by atoms with Crippen molar-refractivity contribution in [2.75, 3.05) is 6.61 Å². The van der Waals surface area contributed by atoms with Gasteiger partial charge in [-0.3, -0.25) is 9.59 Å². The van der Waals surface area contributed by atoms with Crippen molar-refractivity contribution < 1.29 is 29.3 Å². The summed E-state index contributed by atoms with van der Waals surface area (Å²) in [5, 5.41) is 21.6. The predicted octanol–water partition coefficient (Wildman–Crippen LogP) is 3.44. The van der Waals surface area contributed by atoms with Gasteiger partial charge in [0, 0.05) is 16.7 Å². The topological polar surface area (TPSA) is 93.1 Å². The number of hydrogen-bond acceptors (Lipinski definition) is 6. The maximum Gasteiger partial charge on any atom is 0.193 e. The quantitative estimate of drug-likeness (QED) is 0.614. The first-order valence-corrected chi connectivity index (χ1v) is 12.5. The maximum absolute atomic E-state index is 13.4. The van der Waals surface area contributed by atoms with E-state index in [0.717, 1.165) is 24.0 Å². The summed E-state index contributed by atoms with van der Waals surface area (Å²) in [6.45, 7) is 7.41. The summed E-state index contributed by atoms with van der Waals surface area (Å²) in [5.41, 5.74) is -0.368. The molecule has 3 saturated carbocycles. The first-order valence-electron chi connectivity index (χ1n) is 12.5. The number of aliphatic hydroxyl groups is 2. The molecule has 0 aromatic carbocycles. The van der Waals surface area contributed by atoms with Crippen molar-refractivity contribution in [1.29, 1.82) is 0 Å². The molecule has 1 heterocycles. The third-order valence-electron chi connectivity index (χ3n) is 9.72. The standard InChI is InChI=1S/C28H36O6/c1-5-6-7-16(2)25-33-23-13-20-19-9-8-17-12-18(30)10-11-26(17,3)24(19)21(31)14-27(20,4)28(23,34-25)22(32)15-29/h5-7,10-12,19-21,23-25,29,31H,8-9,13-15H2,1-4H3/b6-5-,16-7+/t19-,20-,21-,23?,24+,25?,26-,27-,28+/m0/s1. The summed E-state index contributed by atoms with van der Waals surface area (Å²) in [6, 6.07) is 0. The summed E-state index contributed by atoms with van der Waals surface area (Å²) in [5.74, 6) is -0.125. The van der Waals surface area contributed by atoms with Gasteiger partial charge >= 0.3 is 0 Å². The van der Waals surface area contributed by atoms with Crippen molar-refractivity contribution in [1.82, 2.24) is 0 Å². The van der Waals surface area contributed by atoms with Gasteiger partial charge in [-0.1, -0.05) is 43.7 Å². The fourth-order valence-corrected chi connectivity index (χ4v) is 8.21. The Balaban J connectivity index is 1.54. The number of carbonyl (C=O) groups excluding carboxylic acids is 2. The molecule has 4 aliphatic carbocycles. The Bertz CT molecular complexity index is 1020. The minimum Gasteiger partial charge on any atom is -0.393 e.